The first-order valence-corrected chi connectivity index (χ1v) is 12.2. The fourth-order valence-corrected chi connectivity index (χ4v) is 4.49. The van der Waals surface area contributed by atoms with E-state index in [2.05, 4.69) is 99.9 Å². The van der Waals surface area contributed by atoms with Crippen LogP contribution in [0, 0.1) is 6.92 Å². The normalized spacial score (nSPS) is 15.7. The van der Waals surface area contributed by atoms with Crippen LogP contribution in [0.3, 0.4) is 0 Å². The number of aryl methyl sites for hydroxylation is 1. The van der Waals surface area contributed by atoms with E-state index in [0.29, 0.717) is 0 Å². The van der Waals surface area contributed by atoms with Crippen LogP contribution in [-0.2, 0) is 0 Å². The van der Waals surface area contributed by atoms with E-state index in [1.807, 2.05) is 13.0 Å². The summed E-state index contributed by atoms with van der Waals surface area (Å²) < 4.78 is 0. The molecule has 0 amide bonds. The van der Waals surface area contributed by atoms with Crippen molar-refractivity contribution < 1.29 is 0 Å². The molecule has 33 heavy (non-hydrogen) atoms. The molecule has 1 fully saturated rings. The van der Waals surface area contributed by atoms with Gasteiger partial charge in [0.05, 0.1) is 0 Å². The van der Waals surface area contributed by atoms with Crippen LogP contribution in [0.4, 0.5) is 0 Å². The first-order chi connectivity index (χ1) is 15.9. The lowest BCUT2D eigenvalue weighted by Crippen LogP contribution is -2.18. The molecule has 3 rings (SSSR count). The Balaban J connectivity index is 1.85. The Morgan fingerprint density at radius 1 is 0.939 bits per heavy atom. The molecule has 0 radical (unpaired) electrons. The highest BCUT2D eigenvalue weighted by Crippen LogP contribution is 2.35. The third-order valence-electron chi connectivity index (χ3n) is 6.65. The zero-order valence-electron chi connectivity index (χ0n) is 20.9. The van der Waals surface area contributed by atoms with E-state index in [4.69, 9.17) is 0 Å². The fourth-order valence-electron chi connectivity index (χ4n) is 4.49. The molecule has 1 saturated carbocycles. The number of rotatable bonds is 8. The minimum atomic E-state index is 0.158. The monoisotopic (exact) mass is 437 g/mol. The van der Waals surface area contributed by atoms with Gasteiger partial charge in [-0.05, 0) is 81.2 Å². The van der Waals surface area contributed by atoms with Gasteiger partial charge in [-0.15, -0.1) is 0 Å². The second kappa shape index (κ2) is 11.7. The molecule has 1 aliphatic carbocycles. The van der Waals surface area contributed by atoms with Gasteiger partial charge in [0.15, 0.2) is 0 Å². The quantitative estimate of drug-likeness (QED) is 0.406. The van der Waals surface area contributed by atoms with Crippen LogP contribution in [0.5, 0.6) is 0 Å². The second-order valence-corrected chi connectivity index (χ2v) is 9.21. The van der Waals surface area contributed by atoms with Crippen LogP contribution in [0.15, 0.2) is 102 Å². The third-order valence-corrected chi connectivity index (χ3v) is 6.65. The van der Waals surface area contributed by atoms with Crippen molar-refractivity contribution in [3.63, 3.8) is 0 Å². The molecule has 0 aliphatic heterocycles. The highest BCUT2D eigenvalue weighted by Gasteiger charge is 2.16. The van der Waals surface area contributed by atoms with Crippen LogP contribution in [-0.4, -0.2) is 0 Å². The summed E-state index contributed by atoms with van der Waals surface area (Å²) in [5, 5.41) is 3.55. The van der Waals surface area contributed by atoms with Crippen molar-refractivity contribution in [2.75, 3.05) is 0 Å². The van der Waals surface area contributed by atoms with Crippen molar-refractivity contribution in [3.8, 4) is 0 Å². The molecule has 0 spiro atoms. The smallest absolute Gasteiger partial charge is 0.0485 e. The summed E-state index contributed by atoms with van der Waals surface area (Å²) >= 11 is 0. The molecule has 1 unspecified atom stereocenters. The van der Waals surface area contributed by atoms with Crippen molar-refractivity contribution >= 4 is 5.57 Å². The maximum Gasteiger partial charge on any atom is 0.0485 e. The Morgan fingerprint density at radius 3 is 2.06 bits per heavy atom. The molecule has 1 N–H and O–H groups in total. The maximum atomic E-state index is 4.25. The Morgan fingerprint density at radius 2 is 1.52 bits per heavy atom. The van der Waals surface area contributed by atoms with E-state index in [9.17, 15) is 0 Å². The van der Waals surface area contributed by atoms with Gasteiger partial charge in [0.25, 0.3) is 0 Å². The molecular formula is C32H39N. The topological polar surface area (TPSA) is 12.0 Å². The zero-order valence-corrected chi connectivity index (χ0v) is 20.9. The Labute approximate surface area is 201 Å². The zero-order chi connectivity index (χ0) is 23.8. The summed E-state index contributed by atoms with van der Waals surface area (Å²) in [6.45, 7) is 16.7. The summed E-state index contributed by atoms with van der Waals surface area (Å²) in [6, 6.07) is 18.3. The summed E-state index contributed by atoms with van der Waals surface area (Å²) in [5.74, 6) is 0. The first kappa shape index (κ1) is 24.6. The lowest BCUT2D eigenvalue weighted by Gasteiger charge is -2.22. The lowest BCUT2D eigenvalue weighted by molar-refractivity contribution is 0.601. The molecule has 172 valence electrons. The fraction of sp³-hybridized carbons (Fsp3) is 0.312. The molecule has 0 bridgehead atoms. The van der Waals surface area contributed by atoms with Crippen molar-refractivity contribution in [1.29, 1.82) is 0 Å². The Hall–Kier alpha value is -3.06. The molecule has 0 aromatic heterocycles. The number of hydrogen-bond donors (Lipinski definition) is 1. The minimum Gasteiger partial charge on any atom is -0.379 e. The van der Waals surface area contributed by atoms with E-state index in [0.717, 1.165) is 11.3 Å². The largest absolute Gasteiger partial charge is 0.379 e. The van der Waals surface area contributed by atoms with Crippen molar-refractivity contribution in [3.05, 3.63) is 125 Å². The van der Waals surface area contributed by atoms with Crippen molar-refractivity contribution in [2.45, 2.75) is 65.8 Å². The van der Waals surface area contributed by atoms with Crippen LogP contribution in [0.2, 0.25) is 0 Å². The van der Waals surface area contributed by atoms with Gasteiger partial charge in [-0.25, -0.2) is 0 Å². The van der Waals surface area contributed by atoms with Gasteiger partial charge in [-0.1, -0.05) is 103 Å². The molecule has 1 aliphatic rings. The Kier molecular flexibility index (Phi) is 8.72. The molecular weight excluding hydrogens is 398 g/mol. The van der Waals surface area contributed by atoms with Crippen molar-refractivity contribution in [1.82, 2.24) is 5.32 Å². The number of hydrogen-bond acceptors (Lipinski definition) is 1. The Bertz CT molecular complexity index is 1050. The number of allylic oxidation sites excluding steroid dienone is 5. The predicted molar refractivity (Wildman–Crippen MR) is 145 cm³/mol. The van der Waals surface area contributed by atoms with Crippen LogP contribution < -0.4 is 5.32 Å². The lowest BCUT2D eigenvalue weighted by atomic mass is 9.84. The summed E-state index contributed by atoms with van der Waals surface area (Å²) in [7, 11) is 0. The van der Waals surface area contributed by atoms with Gasteiger partial charge in [-0.2, -0.15) is 0 Å². The first-order valence-electron chi connectivity index (χ1n) is 12.2. The van der Waals surface area contributed by atoms with Crippen LogP contribution in [0.1, 0.15) is 81.2 Å². The number of benzene rings is 2. The van der Waals surface area contributed by atoms with E-state index >= 15 is 0 Å². The molecule has 0 saturated heterocycles. The minimum absolute atomic E-state index is 0.158. The van der Waals surface area contributed by atoms with Gasteiger partial charge in [0.2, 0.25) is 0 Å². The van der Waals surface area contributed by atoms with Crippen LogP contribution in [0.25, 0.3) is 5.57 Å². The summed E-state index contributed by atoms with van der Waals surface area (Å²) in [5.41, 5.74) is 11.4. The summed E-state index contributed by atoms with van der Waals surface area (Å²) in [6.07, 6.45) is 12.5. The molecule has 0 heterocycles. The van der Waals surface area contributed by atoms with Gasteiger partial charge < -0.3 is 5.32 Å². The molecule has 1 atom stereocenters. The van der Waals surface area contributed by atoms with E-state index in [-0.39, 0.29) is 6.04 Å². The number of nitrogens with one attached hydrogen (secondary N) is 1. The molecule has 1 heteroatoms. The maximum absolute atomic E-state index is 4.25. The van der Waals surface area contributed by atoms with E-state index in [1.165, 1.54) is 65.5 Å². The predicted octanol–water partition coefficient (Wildman–Crippen LogP) is 9.00. The van der Waals surface area contributed by atoms with E-state index in [1.54, 1.807) is 5.57 Å². The average molecular weight is 438 g/mol. The standard InChI is InChI=1S/C32H39N/c1-7-23(3)22-27(8-2)25(5)33-26(6)28-18-20-31(21-19-28)32(29-12-10-9-11-13-29)30-16-14-24(4)15-17-30/h7-8,14-22,26,33H,2,5,9-13H2,1,3-4,6H3/b23-7-,27-22+. The molecule has 2 aromatic carbocycles. The third kappa shape index (κ3) is 6.48. The van der Waals surface area contributed by atoms with Crippen molar-refractivity contribution in [2.24, 2.45) is 0 Å². The highest BCUT2D eigenvalue weighted by molar-refractivity contribution is 5.82. The average Bonchev–Trinajstić information content (AvgIpc) is 2.84. The summed E-state index contributed by atoms with van der Waals surface area (Å²) in [4.78, 5) is 0. The second-order valence-electron chi connectivity index (χ2n) is 9.21. The van der Waals surface area contributed by atoms with Gasteiger partial charge in [-0.3, -0.25) is 0 Å². The SMILES string of the molecule is C=C/C(=C\C(C)=C/C)C(=C)NC(C)c1ccc(C(=C2CCCCC2)c2ccc(C)cc2)cc1. The molecule has 2 aromatic rings. The highest BCUT2D eigenvalue weighted by atomic mass is 14.9. The van der Waals surface area contributed by atoms with Gasteiger partial charge >= 0.3 is 0 Å². The van der Waals surface area contributed by atoms with Gasteiger partial charge in [0.1, 0.15) is 0 Å². The van der Waals surface area contributed by atoms with E-state index < -0.39 is 0 Å². The van der Waals surface area contributed by atoms with Gasteiger partial charge in [0, 0.05) is 11.7 Å². The van der Waals surface area contributed by atoms with Crippen LogP contribution >= 0.6 is 0 Å². The molecule has 1 nitrogen and oxygen atoms in total.